The molecule has 2 amide bonds. The number of hydrogen-bond donors (Lipinski definition) is 3. The van der Waals surface area contributed by atoms with Gasteiger partial charge in [-0.05, 0) is 24.6 Å². The highest BCUT2D eigenvalue weighted by atomic mass is 16.2. The maximum absolute atomic E-state index is 11.8. The van der Waals surface area contributed by atoms with Crippen molar-refractivity contribution >= 4 is 23.2 Å². The standard InChI is InChI=1S/C15H24N4O2/c1-4-8-18-14(20)7-9-17-13-6-5-11(10-12(13)16)15(21)19(2)3/h5-6,10,17H,4,7-9,16H2,1-3H3,(H,18,20). The maximum Gasteiger partial charge on any atom is 0.253 e. The van der Waals surface area contributed by atoms with Gasteiger partial charge in [0.05, 0.1) is 11.4 Å². The number of benzene rings is 1. The lowest BCUT2D eigenvalue weighted by molar-refractivity contribution is -0.120. The van der Waals surface area contributed by atoms with Crippen molar-refractivity contribution < 1.29 is 9.59 Å². The van der Waals surface area contributed by atoms with Crippen molar-refractivity contribution in [3.05, 3.63) is 23.8 Å². The molecule has 21 heavy (non-hydrogen) atoms. The van der Waals surface area contributed by atoms with Gasteiger partial charge in [-0.1, -0.05) is 6.92 Å². The molecule has 0 bridgehead atoms. The maximum atomic E-state index is 11.8. The van der Waals surface area contributed by atoms with Crippen LogP contribution in [0.15, 0.2) is 18.2 Å². The van der Waals surface area contributed by atoms with E-state index in [0.29, 0.717) is 30.8 Å². The van der Waals surface area contributed by atoms with Gasteiger partial charge < -0.3 is 21.3 Å². The van der Waals surface area contributed by atoms with Crippen molar-refractivity contribution in [3.8, 4) is 0 Å². The predicted molar refractivity (Wildman–Crippen MR) is 85.3 cm³/mol. The van der Waals surface area contributed by atoms with E-state index in [9.17, 15) is 9.59 Å². The number of hydrogen-bond acceptors (Lipinski definition) is 4. The van der Waals surface area contributed by atoms with E-state index in [4.69, 9.17) is 5.73 Å². The fraction of sp³-hybridized carbons (Fsp3) is 0.467. The van der Waals surface area contributed by atoms with E-state index in [1.165, 1.54) is 4.90 Å². The second-order valence-electron chi connectivity index (χ2n) is 5.03. The summed E-state index contributed by atoms with van der Waals surface area (Å²) in [6.45, 7) is 3.21. The summed E-state index contributed by atoms with van der Waals surface area (Å²) in [5, 5.41) is 5.91. The Morgan fingerprint density at radius 1 is 1.24 bits per heavy atom. The molecule has 0 radical (unpaired) electrons. The van der Waals surface area contributed by atoms with Crippen LogP contribution in [0.4, 0.5) is 11.4 Å². The molecular formula is C15H24N4O2. The molecule has 6 heteroatoms. The third kappa shape index (κ3) is 5.33. The molecule has 4 N–H and O–H groups in total. The minimum Gasteiger partial charge on any atom is -0.397 e. The number of carbonyl (C=O) groups excluding carboxylic acids is 2. The van der Waals surface area contributed by atoms with Crippen LogP contribution in [0.2, 0.25) is 0 Å². The van der Waals surface area contributed by atoms with Crippen molar-refractivity contribution in [2.24, 2.45) is 0 Å². The number of nitrogens with one attached hydrogen (secondary N) is 2. The SMILES string of the molecule is CCCNC(=O)CCNc1ccc(C(=O)N(C)C)cc1N. The zero-order chi connectivity index (χ0) is 15.8. The van der Waals surface area contributed by atoms with Crippen LogP contribution in [0.1, 0.15) is 30.1 Å². The molecule has 0 saturated carbocycles. The normalized spacial score (nSPS) is 10.0. The lowest BCUT2D eigenvalue weighted by Gasteiger charge is -2.13. The Morgan fingerprint density at radius 2 is 1.95 bits per heavy atom. The Hall–Kier alpha value is -2.24. The number of amides is 2. The molecule has 0 aliphatic carbocycles. The van der Waals surface area contributed by atoms with E-state index >= 15 is 0 Å². The Balaban J connectivity index is 2.53. The quantitative estimate of drug-likeness (QED) is 0.661. The van der Waals surface area contributed by atoms with E-state index in [2.05, 4.69) is 10.6 Å². The highest BCUT2D eigenvalue weighted by Gasteiger charge is 2.10. The zero-order valence-electron chi connectivity index (χ0n) is 12.9. The third-order valence-electron chi connectivity index (χ3n) is 2.94. The summed E-state index contributed by atoms with van der Waals surface area (Å²) in [5.74, 6) is -0.0745. The van der Waals surface area contributed by atoms with E-state index in [0.717, 1.165) is 12.1 Å². The summed E-state index contributed by atoms with van der Waals surface area (Å²) >= 11 is 0. The van der Waals surface area contributed by atoms with Gasteiger partial charge in [-0.15, -0.1) is 0 Å². The number of anilines is 2. The molecule has 1 aromatic carbocycles. The van der Waals surface area contributed by atoms with E-state index in [-0.39, 0.29) is 11.8 Å². The largest absolute Gasteiger partial charge is 0.397 e. The van der Waals surface area contributed by atoms with Crippen LogP contribution in [0.5, 0.6) is 0 Å². The molecule has 0 heterocycles. The van der Waals surface area contributed by atoms with Crippen LogP contribution in [-0.2, 0) is 4.79 Å². The van der Waals surface area contributed by atoms with Gasteiger partial charge in [-0.2, -0.15) is 0 Å². The van der Waals surface area contributed by atoms with Crippen molar-refractivity contribution in [2.75, 3.05) is 38.2 Å². The average molecular weight is 292 g/mol. The monoisotopic (exact) mass is 292 g/mol. The Labute approximate surface area is 125 Å². The van der Waals surface area contributed by atoms with Crippen molar-refractivity contribution in [3.63, 3.8) is 0 Å². The summed E-state index contributed by atoms with van der Waals surface area (Å²) in [7, 11) is 3.39. The fourth-order valence-electron chi connectivity index (χ4n) is 1.78. The third-order valence-corrected chi connectivity index (χ3v) is 2.94. The first-order valence-corrected chi connectivity index (χ1v) is 7.07. The van der Waals surface area contributed by atoms with Crippen LogP contribution in [-0.4, -0.2) is 43.9 Å². The van der Waals surface area contributed by atoms with Gasteiger partial charge in [-0.3, -0.25) is 9.59 Å². The fourth-order valence-corrected chi connectivity index (χ4v) is 1.78. The number of nitrogens with zero attached hydrogens (tertiary/aromatic N) is 1. The lowest BCUT2D eigenvalue weighted by Crippen LogP contribution is -2.26. The first kappa shape index (κ1) is 16.8. The molecule has 0 aliphatic rings. The molecule has 116 valence electrons. The summed E-state index contributed by atoms with van der Waals surface area (Å²) in [4.78, 5) is 24.8. The molecular weight excluding hydrogens is 268 g/mol. The molecule has 0 saturated heterocycles. The minimum atomic E-state index is -0.0906. The van der Waals surface area contributed by atoms with Crippen LogP contribution < -0.4 is 16.4 Å². The van der Waals surface area contributed by atoms with E-state index in [1.54, 1.807) is 32.3 Å². The first-order chi connectivity index (χ1) is 9.95. The highest BCUT2D eigenvalue weighted by Crippen LogP contribution is 2.20. The summed E-state index contributed by atoms with van der Waals surface area (Å²) in [6, 6.07) is 5.12. The second kappa shape index (κ2) is 8.14. The molecule has 0 unspecified atom stereocenters. The predicted octanol–water partition coefficient (Wildman–Crippen LogP) is 1.30. The summed E-state index contributed by atoms with van der Waals surface area (Å²) < 4.78 is 0. The highest BCUT2D eigenvalue weighted by molar-refractivity contribution is 5.95. The molecule has 0 aliphatic heterocycles. The van der Waals surface area contributed by atoms with Crippen LogP contribution in [0.25, 0.3) is 0 Å². The van der Waals surface area contributed by atoms with Crippen molar-refractivity contribution in [1.82, 2.24) is 10.2 Å². The number of rotatable bonds is 7. The number of carbonyl (C=O) groups is 2. The van der Waals surface area contributed by atoms with Crippen LogP contribution in [0.3, 0.4) is 0 Å². The Bertz CT molecular complexity index is 500. The van der Waals surface area contributed by atoms with Crippen molar-refractivity contribution in [2.45, 2.75) is 19.8 Å². The molecule has 1 rings (SSSR count). The van der Waals surface area contributed by atoms with E-state index < -0.39 is 0 Å². The Morgan fingerprint density at radius 3 is 2.52 bits per heavy atom. The van der Waals surface area contributed by atoms with Crippen LogP contribution in [0, 0.1) is 0 Å². The molecule has 0 aromatic heterocycles. The summed E-state index contributed by atoms with van der Waals surface area (Å²) in [6.07, 6.45) is 1.31. The first-order valence-electron chi connectivity index (χ1n) is 7.07. The van der Waals surface area contributed by atoms with Gasteiger partial charge in [0.15, 0.2) is 0 Å². The van der Waals surface area contributed by atoms with Gasteiger partial charge in [-0.25, -0.2) is 0 Å². The molecule has 0 fully saturated rings. The Kier molecular flexibility index (Phi) is 6.52. The molecule has 1 aromatic rings. The van der Waals surface area contributed by atoms with Gasteiger partial charge in [0.2, 0.25) is 5.91 Å². The van der Waals surface area contributed by atoms with Gasteiger partial charge >= 0.3 is 0 Å². The van der Waals surface area contributed by atoms with E-state index in [1.807, 2.05) is 6.92 Å². The minimum absolute atomic E-state index is 0.0160. The molecule has 6 nitrogen and oxygen atoms in total. The van der Waals surface area contributed by atoms with Crippen molar-refractivity contribution in [1.29, 1.82) is 0 Å². The molecule has 0 atom stereocenters. The second-order valence-corrected chi connectivity index (χ2v) is 5.03. The lowest BCUT2D eigenvalue weighted by atomic mass is 10.1. The van der Waals surface area contributed by atoms with Crippen LogP contribution >= 0.6 is 0 Å². The van der Waals surface area contributed by atoms with Gasteiger partial charge in [0.1, 0.15) is 0 Å². The van der Waals surface area contributed by atoms with Gasteiger partial charge in [0.25, 0.3) is 5.91 Å². The number of nitrogens with two attached hydrogens (primary N) is 1. The van der Waals surface area contributed by atoms with Gasteiger partial charge in [0, 0.05) is 39.2 Å². The zero-order valence-corrected chi connectivity index (χ0v) is 12.9. The average Bonchev–Trinajstić information content (AvgIpc) is 2.45. The molecule has 0 spiro atoms. The smallest absolute Gasteiger partial charge is 0.253 e. The topological polar surface area (TPSA) is 87.5 Å². The summed E-state index contributed by atoms with van der Waals surface area (Å²) in [5.41, 5.74) is 7.69. The number of nitrogen functional groups attached to an aromatic ring is 1.